The van der Waals surface area contributed by atoms with E-state index in [-0.39, 0.29) is 18.3 Å². The lowest BCUT2D eigenvalue weighted by molar-refractivity contribution is 0.0950. The Balaban J connectivity index is 2.04. The summed E-state index contributed by atoms with van der Waals surface area (Å²) in [6.45, 7) is 0.157. The van der Waals surface area contributed by atoms with E-state index in [1.54, 1.807) is 30.3 Å². The predicted octanol–water partition coefficient (Wildman–Crippen LogP) is 4.28. The second-order valence-electron chi connectivity index (χ2n) is 3.93. The van der Waals surface area contributed by atoms with E-state index in [2.05, 4.69) is 37.2 Å². The molecule has 0 fully saturated rings. The second kappa shape index (κ2) is 6.30. The van der Waals surface area contributed by atoms with E-state index in [0.717, 1.165) is 4.47 Å². The fraction of sp³-hybridized carbons (Fsp3) is 0.0714. The van der Waals surface area contributed by atoms with Gasteiger partial charge in [-0.25, -0.2) is 4.39 Å². The highest BCUT2D eigenvalue weighted by Crippen LogP contribution is 2.15. The van der Waals surface area contributed by atoms with Gasteiger partial charge in [0.25, 0.3) is 5.91 Å². The van der Waals surface area contributed by atoms with Crippen molar-refractivity contribution in [3.63, 3.8) is 0 Å². The first-order valence-electron chi connectivity index (χ1n) is 5.54. The van der Waals surface area contributed by atoms with Gasteiger partial charge in [-0.15, -0.1) is 0 Å². The van der Waals surface area contributed by atoms with Crippen LogP contribution in [0.15, 0.2) is 51.4 Å². The van der Waals surface area contributed by atoms with Crippen molar-refractivity contribution in [3.8, 4) is 0 Å². The summed E-state index contributed by atoms with van der Waals surface area (Å²) in [6.07, 6.45) is 0. The highest BCUT2D eigenvalue weighted by atomic mass is 79.9. The van der Waals surface area contributed by atoms with Gasteiger partial charge >= 0.3 is 0 Å². The van der Waals surface area contributed by atoms with Crippen molar-refractivity contribution in [2.24, 2.45) is 0 Å². The van der Waals surface area contributed by atoms with Gasteiger partial charge in [0.1, 0.15) is 5.82 Å². The molecule has 98 valence electrons. The van der Waals surface area contributed by atoms with Crippen molar-refractivity contribution < 1.29 is 9.18 Å². The first-order chi connectivity index (χ1) is 9.06. The average molecular weight is 387 g/mol. The molecule has 2 rings (SSSR count). The van der Waals surface area contributed by atoms with Crippen molar-refractivity contribution in [2.75, 3.05) is 0 Å². The maximum Gasteiger partial charge on any atom is 0.251 e. The molecule has 1 N–H and O–H groups in total. The van der Waals surface area contributed by atoms with Gasteiger partial charge in [0, 0.05) is 26.6 Å². The van der Waals surface area contributed by atoms with E-state index >= 15 is 0 Å². The van der Waals surface area contributed by atoms with Crippen molar-refractivity contribution in [1.29, 1.82) is 0 Å². The van der Waals surface area contributed by atoms with E-state index < -0.39 is 0 Å². The Morgan fingerprint density at radius 1 is 1.11 bits per heavy atom. The first-order valence-corrected chi connectivity index (χ1v) is 7.12. The van der Waals surface area contributed by atoms with E-state index in [1.807, 2.05) is 6.07 Å². The lowest BCUT2D eigenvalue weighted by Crippen LogP contribution is -2.23. The monoisotopic (exact) mass is 385 g/mol. The van der Waals surface area contributed by atoms with Gasteiger partial charge in [-0.1, -0.05) is 44.0 Å². The third-order valence-electron chi connectivity index (χ3n) is 2.54. The van der Waals surface area contributed by atoms with Gasteiger partial charge in [0.15, 0.2) is 0 Å². The zero-order valence-corrected chi connectivity index (χ0v) is 13.0. The minimum absolute atomic E-state index is 0.157. The van der Waals surface area contributed by atoms with Crippen LogP contribution in [0.4, 0.5) is 4.39 Å². The smallest absolute Gasteiger partial charge is 0.251 e. The number of hydrogen-bond donors (Lipinski definition) is 1. The molecule has 0 saturated carbocycles. The standard InChI is InChI=1S/C14H10Br2FNO/c15-11-3-1-2-9(6-11)14(19)18-8-10-4-5-12(16)7-13(10)17/h1-7H,8H2,(H,18,19). The molecule has 0 atom stereocenters. The van der Waals surface area contributed by atoms with E-state index in [9.17, 15) is 9.18 Å². The molecule has 2 nitrogen and oxygen atoms in total. The Labute approximate surface area is 127 Å². The van der Waals surface area contributed by atoms with Crippen LogP contribution in [0, 0.1) is 5.82 Å². The maximum atomic E-state index is 13.6. The Morgan fingerprint density at radius 2 is 1.84 bits per heavy atom. The molecule has 5 heteroatoms. The minimum Gasteiger partial charge on any atom is -0.348 e. The number of amides is 1. The zero-order valence-electron chi connectivity index (χ0n) is 9.79. The number of halogens is 3. The largest absolute Gasteiger partial charge is 0.348 e. The van der Waals surface area contributed by atoms with Gasteiger partial charge in [-0.05, 0) is 30.3 Å². The summed E-state index contributed by atoms with van der Waals surface area (Å²) in [5.74, 6) is -0.576. The van der Waals surface area contributed by atoms with Gasteiger partial charge in [0.05, 0.1) is 0 Å². The Kier molecular flexibility index (Phi) is 4.71. The number of rotatable bonds is 3. The average Bonchev–Trinajstić information content (AvgIpc) is 2.37. The number of carbonyl (C=O) groups is 1. The van der Waals surface area contributed by atoms with Gasteiger partial charge < -0.3 is 5.32 Å². The van der Waals surface area contributed by atoms with Crippen LogP contribution in [0.25, 0.3) is 0 Å². The molecule has 0 heterocycles. The van der Waals surface area contributed by atoms with Crippen LogP contribution < -0.4 is 5.32 Å². The molecule has 0 unspecified atom stereocenters. The maximum absolute atomic E-state index is 13.6. The Morgan fingerprint density at radius 3 is 2.53 bits per heavy atom. The molecule has 0 aromatic heterocycles. The summed E-state index contributed by atoms with van der Waals surface area (Å²) in [6, 6.07) is 11.8. The second-order valence-corrected chi connectivity index (χ2v) is 5.76. The molecule has 19 heavy (non-hydrogen) atoms. The first kappa shape index (κ1) is 14.2. The van der Waals surface area contributed by atoms with Gasteiger partial charge in [-0.3, -0.25) is 4.79 Å². The molecule has 0 aliphatic rings. The van der Waals surface area contributed by atoms with Crippen LogP contribution >= 0.6 is 31.9 Å². The quantitative estimate of drug-likeness (QED) is 0.837. The third kappa shape index (κ3) is 3.88. The topological polar surface area (TPSA) is 29.1 Å². The number of hydrogen-bond acceptors (Lipinski definition) is 1. The summed E-state index contributed by atoms with van der Waals surface area (Å²) < 4.78 is 15.1. The van der Waals surface area contributed by atoms with Gasteiger partial charge in [-0.2, -0.15) is 0 Å². The van der Waals surface area contributed by atoms with Crippen LogP contribution in [0.1, 0.15) is 15.9 Å². The normalized spacial score (nSPS) is 10.3. The molecular weight excluding hydrogens is 377 g/mol. The molecule has 0 aliphatic carbocycles. The fourth-order valence-corrected chi connectivity index (χ4v) is 2.30. The molecule has 1 amide bonds. The van der Waals surface area contributed by atoms with E-state index in [0.29, 0.717) is 15.6 Å². The Bertz CT molecular complexity index is 616. The van der Waals surface area contributed by atoms with Crippen LogP contribution in [-0.2, 0) is 6.54 Å². The molecular formula is C14H10Br2FNO. The highest BCUT2D eigenvalue weighted by molar-refractivity contribution is 9.10. The highest BCUT2D eigenvalue weighted by Gasteiger charge is 2.08. The minimum atomic E-state index is -0.344. The zero-order chi connectivity index (χ0) is 13.8. The van der Waals surface area contributed by atoms with Crippen molar-refractivity contribution in [3.05, 3.63) is 68.4 Å². The van der Waals surface area contributed by atoms with Crippen molar-refractivity contribution >= 4 is 37.8 Å². The molecule has 2 aromatic rings. The fourth-order valence-electron chi connectivity index (χ4n) is 1.57. The molecule has 0 saturated heterocycles. The number of carbonyl (C=O) groups excluding carboxylic acids is 1. The predicted molar refractivity (Wildman–Crippen MR) is 79.4 cm³/mol. The van der Waals surface area contributed by atoms with E-state index in [4.69, 9.17) is 0 Å². The summed E-state index contributed by atoms with van der Waals surface area (Å²) >= 11 is 6.49. The molecule has 0 aliphatic heterocycles. The molecule has 2 aromatic carbocycles. The summed E-state index contributed by atoms with van der Waals surface area (Å²) in [5, 5.41) is 2.69. The molecule has 0 bridgehead atoms. The van der Waals surface area contributed by atoms with Crippen LogP contribution in [0.5, 0.6) is 0 Å². The van der Waals surface area contributed by atoms with Crippen LogP contribution in [-0.4, -0.2) is 5.91 Å². The van der Waals surface area contributed by atoms with Gasteiger partial charge in [0.2, 0.25) is 0 Å². The van der Waals surface area contributed by atoms with E-state index in [1.165, 1.54) is 6.07 Å². The molecule has 0 radical (unpaired) electrons. The lowest BCUT2D eigenvalue weighted by atomic mass is 10.2. The SMILES string of the molecule is O=C(NCc1ccc(Br)cc1F)c1cccc(Br)c1. The van der Waals surface area contributed by atoms with Crippen molar-refractivity contribution in [1.82, 2.24) is 5.32 Å². The third-order valence-corrected chi connectivity index (χ3v) is 3.53. The van der Waals surface area contributed by atoms with Crippen LogP contribution in [0.2, 0.25) is 0 Å². The number of nitrogens with one attached hydrogen (secondary N) is 1. The lowest BCUT2D eigenvalue weighted by Gasteiger charge is -2.07. The summed E-state index contributed by atoms with van der Waals surface area (Å²) in [4.78, 5) is 11.9. The number of benzene rings is 2. The molecule has 0 spiro atoms. The Hall–Kier alpha value is -1.20. The summed E-state index contributed by atoms with van der Waals surface area (Å²) in [7, 11) is 0. The summed E-state index contributed by atoms with van der Waals surface area (Å²) in [5.41, 5.74) is 0.985. The van der Waals surface area contributed by atoms with Crippen LogP contribution in [0.3, 0.4) is 0 Å². The van der Waals surface area contributed by atoms with Crippen molar-refractivity contribution in [2.45, 2.75) is 6.54 Å².